The molecule has 7 heteroatoms. The van der Waals surface area contributed by atoms with Gasteiger partial charge in [0.05, 0.1) is 19.2 Å². The summed E-state index contributed by atoms with van der Waals surface area (Å²) in [6, 6.07) is 17.1. The molecule has 3 rings (SSSR count). The normalized spacial score (nSPS) is 10.3. The summed E-state index contributed by atoms with van der Waals surface area (Å²) in [5.74, 6) is -0.0160. The molecule has 0 saturated heterocycles. The van der Waals surface area contributed by atoms with Crippen molar-refractivity contribution in [3.8, 4) is 0 Å². The first-order valence-corrected chi connectivity index (χ1v) is 8.79. The average molecular weight is 375 g/mol. The van der Waals surface area contributed by atoms with Crippen molar-refractivity contribution in [1.82, 2.24) is 15.0 Å². The number of carbonyl (C=O) groups excluding carboxylic acids is 2. The number of hydrogen-bond acceptors (Lipinski definition) is 4. The number of para-hydroxylation sites is 1. The summed E-state index contributed by atoms with van der Waals surface area (Å²) in [7, 11) is 1.66. The molecule has 7 nitrogen and oxygen atoms in total. The van der Waals surface area contributed by atoms with Crippen molar-refractivity contribution in [1.29, 1.82) is 0 Å². The van der Waals surface area contributed by atoms with Crippen molar-refractivity contribution < 1.29 is 9.59 Å². The zero-order valence-electron chi connectivity index (χ0n) is 15.6. The highest BCUT2D eigenvalue weighted by Gasteiger charge is 2.17. The van der Waals surface area contributed by atoms with E-state index in [0.717, 1.165) is 5.56 Å². The van der Waals surface area contributed by atoms with E-state index in [1.807, 2.05) is 36.4 Å². The molecular formula is C21H21N5O2. The van der Waals surface area contributed by atoms with Gasteiger partial charge in [0.15, 0.2) is 5.82 Å². The number of nitrogens with one attached hydrogen (secondary N) is 1. The molecule has 0 radical (unpaired) electrons. The van der Waals surface area contributed by atoms with Gasteiger partial charge in [0.25, 0.3) is 0 Å². The molecule has 0 spiro atoms. The third-order valence-corrected chi connectivity index (χ3v) is 4.23. The summed E-state index contributed by atoms with van der Waals surface area (Å²) >= 11 is 0. The molecule has 0 unspecified atom stereocenters. The van der Waals surface area contributed by atoms with Gasteiger partial charge < -0.3 is 5.32 Å². The predicted octanol–water partition coefficient (Wildman–Crippen LogP) is 2.66. The number of anilines is 2. The maximum atomic E-state index is 12.7. The van der Waals surface area contributed by atoms with E-state index in [0.29, 0.717) is 23.6 Å². The first kappa shape index (κ1) is 19.0. The van der Waals surface area contributed by atoms with E-state index in [1.165, 1.54) is 11.0 Å². The quantitative estimate of drug-likeness (QED) is 0.644. The van der Waals surface area contributed by atoms with Crippen LogP contribution >= 0.6 is 0 Å². The Kier molecular flexibility index (Phi) is 5.96. The summed E-state index contributed by atoms with van der Waals surface area (Å²) < 4.78 is 1.69. The molecule has 142 valence electrons. The summed E-state index contributed by atoms with van der Waals surface area (Å²) in [5, 5.41) is 10.9. The SMILES string of the molecule is C=CC(=O)Nc1ccccc1CC(=O)N(C)c1cn(Cc2ccccc2)nn1. The molecule has 3 aromatic rings. The average Bonchev–Trinajstić information content (AvgIpc) is 3.17. The smallest absolute Gasteiger partial charge is 0.247 e. The van der Waals surface area contributed by atoms with Crippen LogP contribution in [0.5, 0.6) is 0 Å². The van der Waals surface area contributed by atoms with Crippen molar-refractivity contribution in [3.05, 3.63) is 84.6 Å². The number of hydrogen-bond donors (Lipinski definition) is 1. The van der Waals surface area contributed by atoms with Crippen LogP contribution in [0.2, 0.25) is 0 Å². The minimum Gasteiger partial charge on any atom is -0.322 e. The number of amides is 2. The molecule has 0 aliphatic heterocycles. The molecule has 0 aliphatic carbocycles. The fourth-order valence-electron chi connectivity index (χ4n) is 2.68. The van der Waals surface area contributed by atoms with Gasteiger partial charge in [0, 0.05) is 12.7 Å². The molecular weight excluding hydrogens is 354 g/mol. The highest BCUT2D eigenvalue weighted by Crippen LogP contribution is 2.18. The third kappa shape index (κ3) is 4.70. The van der Waals surface area contributed by atoms with Crippen molar-refractivity contribution in [2.75, 3.05) is 17.3 Å². The molecule has 0 atom stereocenters. The topological polar surface area (TPSA) is 80.1 Å². The van der Waals surface area contributed by atoms with Crippen LogP contribution < -0.4 is 10.2 Å². The lowest BCUT2D eigenvalue weighted by atomic mass is 10.1. The second-order valence-electron chi connectivity index (χ2n) is 6.24. The van der Waals surface area contributed by atoms with E-state index in [2.05, 4.69) is 22.2 Å². The Morgan fingerprint density at radius 1 is 1.14 bits per heavy atom. The molecule has 2 amide bonds. The van der Waals surface area contributed by atoms with Gasteiger partial charge >= 0.3 is 0 Å². The van der Waals surface area contributed by atoms with Gasteiger partial charge in [-0.2, -0.15) is 0 Å². The minimum atomic E-state index is -0.322. The van der Waals surface area contributed by atoms with E-state index in [1.54, 1.807) is 36.1 Å². The van der Waals surface area contributed by atoms with Gasteiger partial charge in [-0.1, -0.05) is 60.3 Å². The van der Waals surface area contributed by atoms with Crippen LogP contribution in [0, 0.1) is 0 Å². The number of carbonyl (C=O) groups is 2. The van der Waals surface area contributed by atoms with Crippen molar-refractivity contribution in [3.63, 3.8) is 0 Å². The summed E-state index contributed by atoms with van der Waals surface area (Å²) in [4.78, 5) is 25.7. The monoisotopic (exact) mass is 375 g/mol. The first-order chi connectivity index (χ1) is 13.6. The second-order valence-corrected chi connectivity index (χ2v) is 6.24. The zero-order valence-corrected chi connectivity index (χ0v) is 15.6. The van der Waals surface area contributed by atoms with Gasteiger partial charge in [-0.3, -0.25) is 14.5 Å². The van der Waals surface area contributed by atoms with Gasteiger partial charge in [-0.15, -0.1) is 5.10 Å². The number of aromatic nitrogens is 3. The Labute approximate surface area is 163 Å². The van der Waals surface area contributed by atoms with Crippen LogP contribution in [0.3, 0.4) is 0 Å². The summed E-state index contributed by atoms with van der Waals surface area (Å²) in [5.41, 5.74) is 2.40. The molecule has 1 heterocycles. The van der Waals surface area contributed by atoms with E-state index < -0.39 is 0 Å². The summed E-state index contributed by atoms with van der Waals surface area (Å²) in [6.07, 6.45) is 3.04. The maximum Gasteiger partial charge on any atom is 0.247 e. The number of nitrogens with zero attached hydrogens (tertiary/aromatic N) is 4. The molecule has 0 aliphatic rings. The number of likely N-dealkylation sites (N-methyl/N-ethyl adjacent to an activating group) is 1. The maximum absolute atomic E-state index is 12.7. The first-order valence-electron chi connectivity index (χ1n) is 8.79. The van der Waals surface area contributed by atoms with Crippen molar-refractivity contribution >= 4 is 23.3 Å². The second kappa shape index (κ2) is 8.77. The van der Waals surface area contributed by atoms with Crippen molar-refractivity contribution in [2.45, 2.75) is 13.0 Å². The van der Waals surface area contributed by atoms with Crippen LogP contribution in [0.4, 0.5) is 11.5 Å². The van der Waals surface area contributed by atoms with E-state index in [-0.39, 0.29) is 18.2 Å². The van der Waals surface area contributed by atoms with E-state index in [4.69, 9.17) is 0 Å². The minimum absolute atomic E-state index is 0.121. The lowest BCUT2D eigenvalue weighted by Crippen LogP contribution is -2.28. The molecule has 2 aromatic carbocycles. The van der Waals surface area contributed by atoms with Crippen LogP contribution in [0.25, 0.3) is 0 Å². The predicted molar refractivity (Wildman–Crippen MR) is 108 cm³/mol. The van der Waals surface area contributed by atoms with Crippen LogP contribution in [0.1, 0.15) is 11.1 Å². The Balaban J connectivity index is 1.69. The molecule has 0 fully saturated rings. The largest absolute Gasteiger partial charge is 0.322 e. The van der Waals surface area contributed by atoms with Crippen LogP contribution in [-0.2, 0) is 22.6 Å². The Bertz CT molecular complexity index is 981. The summed E-state index contributed by atoms with van der Waals surface area (Å²) in [6.45, 7) is 4.02. The highest BCUT2D eigenvalue weighted by atomic mass is 16.2. The molecule has 1 N–H and O–H groups in total. The molecule has 28 heavy (non-hydrogen) atoms. The lowest BCUT2D eigenvalue weighted by molar-refractivity contribution is -0.117. The Morgan fingerprint density at radius 2 is 1.86 bits per heavy atom. The van der Waals surface area contributed by atoms with Crippen LogP contribution in [0.15, 0.2) is 73.4 Å². The standard InChI is InChI=1S/C21H21N5O2/c1-3-20(27)22-18-12-8-7-11-17(18)13-21(28)25(2)19-15-26(24-23-19)14-16-9-5-4-6-10-16/h3-12,15H,1,13-14H2,2H3,(H,22,27). The highest BCUT2D eigenvalue weighted by molar-refractivity contribution is 6.00. The number of benzene rings is 2. The van der Waals surface area contributed by atoms with Crippen molar-refractivity contribution in [2.24, 2.45) is 0 Å². The van der Waals surface area contributed by atoms with E-state index in [9.17, 15) is 9.59 Å². The van der Waals surface area contributed by atoms with E-state index >= 15 is 0 Å². The Morgan fingerprint density at radius 3 is 2.61 bits per heavy atom. The molecule has 0 bridgehead atoms. The molecule has 0 saturated carbocycles. The zero-order chi connectivity index (χ0) is 19.9. The van der Waals surface area contributed by atoms with Gasteiger partial charge in [0.2, 0.25) is 11.8 Å². The fourth-order valence-corrected chi connectivity index (χ4v) is 2.68. The lowest BCUT2D eigenvalue weighted by Gasteiger charge is -2.15. The third-order valence-electron chi connectivity index (χ3n) is 4.23. The van der Waals surface area contributed by atoms with Gasteiger partial charge in [0.1, 0.15) is 0 Å². The number of rotatable bonds is 7. The van der Waals surface area contributed by atoms with Gasteiger partial charge in [-0.05, 0) is 23.3 Å². The molecule has 1 aromatic heterocycles. The van der Waals surface area contributed by atoms with Gasteiger partial charge in [-0.25, -0.2) is 4.68 Å². The van der Waals surface area contributed by atoms with Crippen LogP contribution in [-0.4, -0.2) is 33.9 Å². The fraction of sp³-hybridized carbons (Fsp3) is 0.143. The Hall–Kier alpha value is -3.74.